The van der Waals surface area contributed by atoms with E-state index in [-0.39, 0.29) is 18.6 Å². The number of thioether (sulfide) groups is 1. The molecule has 0 N–H and O–H groups in total. The van der Waals surface area contributed by atoms with E-state index >= 15 is 0 Å². The van der Waals surface area contributed by atoms with Gasteiger partial charge in [-0.3, -0.25) is 9.59 Å². The molecule has 0 spiro atoms. The minimum atomic E-state index is -0.392. The number of pyridine rings is 2. The highest BCUT2D eigenvalue weighted by atomic mass is 35.5. The topological polar surface area (TPSA) is 73.7 Å². The number of hydrogen-bond acceptors (Lipinski definition) is 7. The third kappa shape index (κ3) is 4.56. The molecule has 0 amide bonds. The Balaban J connectivity index is 1.87. The number of carbonyl (C=O) groups excluding carboxylic acids is 1. The first-order chi connectivity index (χ1) is 15.9. The Bertz CT molecular complexity index is 1260. The van der Waals surface area contributed by atoms with E-state index in [2.05, 4.69) is 4.90 Å². The van der Waals surface area contributed by atoms with Crippen LogP contribution in [0.5, 0.6) is 0 Å². The lowest BCUT2D eigenvalue weighted by Crippen LogP contribution is -2.38. The number of esters is 1. The highest BCUT2D eigenvalue weighted by molar-refractivity contribution is 7.99. The van der Waals surface area contributed by atoms with Gasteiger partial charge in [-0.05, 0) is 56.2 Å². The van der Waals surface area contributed by atoms with Crippen molar-refractivity contribution < 1.29 is 14.3 Å². The Morgan fingerprint density at radius 3 is 2.67 bits per heavy atom. The normalized spacial score (nSPS) is 17.8. The number of ether oxygens (including phenoxy) is 2. The van der Waals surface area contributed by atoms with Crippen molar-refractivity contribution in [3.05, 3.63) is 39.5 Å². The average Bonchev–Trinajstić information content (AvgIpc) is 2.78. The summed E-state index contributed by atoms with van der Waals surface area (Å²) in [7, 11) is 3.74. The fourth-order valence-electron chi connectivity index (χ4n) is 4.46. The van der Waals surface area contributed by atoms with Gasteiger partial charge in [0, 0.05) is 26.1 Å². The molecule has 33 heavy (non-hydrogen) atoms. The van der Waals surface area contributed by atoms with Crippen molar-refractivity contribution in [2.75, 3.05) is 38.5 Å². The molecule has 1 aliphatic rings. The predicted octanol–water partition coefficient (Wildman–Crippen LogP) is 4.35. The van der Waals surface area contributed by atoms with Crippen molar-refractivity contribution in [3.8, 4) is 0 Å². The zero-order chi connectivity index (χ0) is 23.7. The van der Waals surface area contributed by atoms with E-state index in [4.69, 9.17) is 26.1 Å². The molecule has 4 rings (SSSR count). The van der Waals surface area contributed by atoms with Crippen molar-refractivity contribution in [2.24, 2.45) is 5.92 Å². The van der Waals surface area contributed by atoms with E-state index in [1.165, 1.54) is 11.8 Å². The molecule has 3 aromatic rings. The van der Waals surface area contributed by atoms with Crippen LogP contribution >= 0.6 is 23.4 Å². The Labute approximate surface area is 202 Å². The van der Waals surface area contributed by atoms with Crippen LogP contribution in [0, 0.1) is 5.92 Å². The molecule has 0 radical (unpaired) electrons. The SMILES string of the molecule is CCOC(=O)Cn1c2nc(N(C)CC3CC(OC)C3)ccc2c(=O)c2ccc(Cl)c(SC)c21. The van der Waals surface area contributed by atoms with Crippen LogP contribution in [0.2, 0.25) is 5.02 Å². The van der Waals surface area contributed by atoms with Crippen molar-refractivity contribution >= 4 is 57.1 Å². The molecule has 1 aromatic carbocycles. The molecular weight excluding hydrogens is 462 g/mol. The molecule has 0 atom stereocenters. The van der Waals surface area contributed by atoms with Gasteiger partial charge in [0.05, 0.1) is 33.5 Å². The second kappa shape index (κ2) is 9.91. The van der Waals surface area contributed by atoms with E-state index < -0.39 is 5.97 Å². The van der Waals surface area contributed by atoms with E-state index in [9.17, 15) is 9.59 Å². The van der Waals surface area contributed by atoms with Crippen LogP contribution in [0.1, 0.15) is 19.8 Å². The lowest BCUT2D eigenvalue weighted by atomic mass is 9.82. The lowest BCUT2D eigenvalue weighted by Gasteiger charge is -2.36. The highest BCUT2D eigenvalue weighted by Gasteiger charge is 2.30. The van der Waals surface area contributed by atoms with E-state index in [1.807, 2.05) is 19.4 Å². The van der Waals surface area contributed by atoms with Gasteiger partial charge in [-0.15, -0.1) is 11.8 Å². The highest BCUT2D eigenvalue weighted by Crippen LogP contribution is 2.35. The Morgan fingerprint density at radius 1 is 1.27 bits per heavy atom. The summed E-state index contributed by atoms with van der Waals surface area (Å²) in [4.78, 5) is 33.6. The maximum atomic E-state index is 13.4. The molecule has 7 nitrogen and oxygen atoms in total. The number of hydrogen-bond donors (Lipinski definition) is 0. The second-order valence-electron chi connectivity index (χ2n) is 8.31. The van der Waals surface area contributed by atoms with Crippen LogP contribution in [0.25, 0.3) is 21.9 Å². The maximum Gasteiger partial charge on any atom is 0.326 e. The second-order valence-corrected chi connectivity index (χ2v) is 9.54. The molecule has 9 heteroatoms. The summed E-state index contributed by atoms with van der Waals surface area (Å²) in [5, 5.41) is 1.49. The van der Waals surface area contributed by atoms with Crippen LogP contribution in [0.15, 0.2) is 34.0 Å². The molecule has 0 bridgehead atoms. The fourth-order valence-corrected chi connectivity index (χ4v) is 5.52. The molecule has 0 saturated heterocycles. The Hall–Kier alpha value is -2.29. The number of methoxy groups -OCH3 is 1. The van der Waals surface area contributed by atoms with Crippen LogP contribution in [0.3, 0.4) is 0 Å². The van der Waals surface area contributed by atoms with Crippen molar-refractivity contribution in [3.63, 3.8) is 0 Å². The standard InChI is InChI=1S/C24H28ClN3O4S/c1-5-32-20(29)13-28-21-16(6-8-18(25)23(21)33-4)22(30)17-7-9-19(26-24(17)28)27(2)12-14-10-15(11-14)31-3/h6-9,14-15H,5,10-13H2,1-4H3. The zero-order valence-electron chi connectivity index (χ0n) is 19.3. The molecule has 0 unspecified atom stereocenters. The summed E-state index contributed by atoms with van der Waals surface area (Å²) in [6.07, 6.45) is 4.29. The minimum Gasteiger partial charge on any atom is -0.465 e. The number of rotatable bonds is 8. The van der Waals surface area contributed by atoms with E-state index in [1.54, 1.807) is 36.8 Å². The molecular formula is C24H28ClN3O4S. The molecule has 176 valence electrons. The third-order valence-electron chi connectivity index (χ3n) is 6.20. The van der Waals surface area contributed by atoms with Crippen molar-refractivity contribution in [1.29, 1.82) is 0 Å². The Kier molecular flexibility index (Phi) is 7.16. The van der Waals surface area contributed by atoms with Gasteiger partial charge in [-0.25, -0.2) is 4.98 Å². The van der Waals surface area contributed by atoms with Gasteiger partial charge >= 0.3 is 5.97 Å². The number of nitrogens with zero attached hydrogens (tertiary/aromatic N) is 3. The summed E-state index contributed by atoms with van der Waals surface area (Å²) in [5.41, 5.74) is 0.927. The zero-order valence-corrected chi connectivity index (χ0v) is 20.8. The molecule has 0 aliphatic heterocycles. The van der Waals surface area contributed by atoms with Gasteiger partial charge in [0.25, 0.3) is 0 Å². The summed E-state index contributed by atoms with van der Waals surface area (Å²) in [6, 6.07) is 7.09. The van der Waals surface area contributed by atoms with E-state index in [0.717, 1.165) is 30.1 Å². The number of benzene rings is 1. The van der Waals surface area contributed by atoms with Gasteiger partial charge in [0.2, 0.25) is 0 Å². The van der Waals surface area contributed by atoms with Crippen molar-refractivity contribution in [1.82, 2.24) is 9.55 Å². The number of aromatic nitrogens is 2. The summed E-state index contributed by atoms with van der Waals surface area (Å²) in [6.45, 7) is 2.82. The smallest absolute Gasteiger partial charge is 0.326 e. The summed E-state index contributed by atoms with van der Waals surface area (Å²) < 4.78 is 12.4. The summed E-state index contributed by atoms with van der Waals surface area (Å²) >= 11 is 7.91. The van der Waals surface area contributed by atoms with Gasteiger partial charge in [-0.2, -0.15) is 0 Å². The minimum absolute atomic E-state index is 0.0622. The number of carbonyl (C=O) groups is 1. The summed E-state index contributed by atoms with van der Waals surface area (Å²) in [5.74, 6) is 0.890. The molecule has 1 aliphatic carbocycles. The molecule has 1 saturated carbocycles. The third-order valence-corrected chi connectivity index (χ3v) is 7.45. The fraction of sp³-hybridized carbons (Fsp3) is 0.458. The monoisotopic (exact) mass is 489 g/mol. The van der Waals surface area contributed by atoms with Crippen molar-refractivity contribution in [2.45, 2.75) is 37.3 Å². The average molecular weight is 490 g/mol. The van der Waals surface area contributed by atoms with Crippen LogP contribution in [-0.4, -0.2) is 55.2 Å². The first-order valence-electron chi connectivity index (χ1n) is 11.0. The van der Waals surface area contributed by atoms with E-state index in [0.29, 0.717) is 39.0 Å². The lowest BCUT2D eigenvalue weighted by molar-refractivity contribution is -0.143. The molecule has 1 fully saturated rings. The van der Waals surface area contributed by atoms with Crippen LogP contribution < -0.4 is 10.3 Å². The maximum absolute atomic E-state index is 13.4. The Morgan fingerprint density at radius 2 is 2.00 bits per heavy atom. The predicted molar refractivity (Wildman–Crippen MR) is 134 cm³/mol. The van der Waals surface area contributed by atoms with Crippen LogP contribution in [-0.2, 0) is 20.8 Å². The van der Waals surface area contributed by atoms with Gasteiger partial charge < -0.3 is 18.9 Å². The van der Waals surface area contributed by atoms with Gasteiger partial charge in [0.15, 0.2) is 5.43 Å². The number of fused-ring (bicyclic) bond motifs is 2. The largest absolute Gasteiger partial charge is 0.465 e. The number of halogens is 1. The molecule has 2 heterocycles. The van der Waals surface area contributed by atoms with Crippen LogP contribution in [0.4, 0.5) is 5.82 Å². The number of anilines is 1. The van der Waals surface area contributed by atoms with Gasteiger partial charge in [0.1, 0.15) is 18.0 Å². The first-order valence-corrected chi connectivity index (χ1v) is 12.6. The van der Waals surface area contributed by atoms with Gasteiger partial charge in [-0.1, -0.05) is 11.6 Å². The first kappa shape index (κ1) is 23.9. The quantitative estimate of drug-likeness (QED) is 0.264. The molecule has 2 aromatic heterocycles.